The molecule has 96 valence electrons. The molecule has 2 rings (SSSR count). The number of halogens is 2. The Labute approximate surface area is 125 Å². The van der Waals surface area contributed by atoms with Gasteiger partial charge in [-0.2, -0.15) is 0 Å². The lowest BCUT2D eigenvalue weighted by Gasteiger charge is -2.13. The molecule has 0 fully saturated rings. The normalized spacial score (nSPS) is 12.7. The fourth-order valence-electron chi connectivity index (χ4n) is 1.56. The average Bonchev–Trinajstić information content (AvgIpc) is 2.77. The second-order valence-electron chi connectivity index (χ2n) is 3.87. The third-order valence-electron chi connectivity index (χ3n) is 2.46. The van der Waals surface area contributed by atoms with Crippen molar-refractivity contribution in [1.29, 1.82) is 0 Å². The van der Waals surface area contributed by atoms with Crippen LogP contribution in [0.3, 0.4) is 0 Å². The summed E-state index contributed by atoms with van der Waals surface area (Å²) in [6.07, 6.45) is 0. The van der Waals surface area contributed by atoms with Gasteiger partial charge >= 0.3 is 0 Å². The van der Waals surface area contributed by atoms with E-state index in [2.05, 4.69) is 19.1 Å². The molecule has 0 aliphatic rings. The van der Waals surface area contributed by atoms with Crippen LogP contribution in [0, 0.1) is 6.92 Å². The number of hydrogen-bond acceptors (Lipinski definition) is 3. The number of thiophene rings is 1. The van der Waals surface area contributed by atoms with Crippen molar-refractivity contribution in [3.8, 4) is 0 Å². The molecule has 0 bridgehead atoms. The van der Waals surface area contributed by atoms with Gasteiger partial charge in [0.1, 0.15) is 0 Å². The molecule has 1 heterocycles. The van der Waals surface area contributed by atoms with Gasteiger partial charge in [0, 0.05) is 21.2 Å². The zero-order valence-corrected chi connectivity index (χ0v) is 13.0. The summed E-state index contributed by atoms with van der Waals surface area (Å²) >= 11 is 15.4. The maximum atomic E-state index is 6.02. The van der Waals surface area contributed by atoms with Crippen LogP contribution in [-0.4, -0.2) is 6.54 Å². The highest BCUT2D eigenvalue weighted by atomic mass is 35.5. The summed E-state index contributed by atoms with van der Waals surface area (Å²) in [4.78, 5) is 3.69. The van der Waals surface area contributed by atoms with Crippen molar-refractivity contribution in [2.75, 3.05) is 6.54 Å². The second kappa shape index (κ2) is 6.31. The van der Waals surface area contributed by atoms with Gasteiger partial charge in [0.05, 0.1) is 15.3 Å². The Hall–Kier alpha value is -0.190. The van der Waals surface area contributed by atoms with Gasteiger partial charge in [-0.05, 0) is 37.3 Å². The maximum absolute atomic E-state index is 6.02. The lowest BCUT2D eigenvalue weighted by atomic mass is 10.3. The van der Waals surface area contributed by atoms with Crippen LogP contribution in [0.4, 0.5) is 0 Å². The van der Waals surface area contributed by atoms with Crippen LogP contribution in [0.25, 0.3) is 0 Å². The van der Waals surface area contributed by atoms with E-state index in [0.717, 1.165) is 4.90 Å². The molecule has 1 aromatic carbocycles. The third-order valence-corrected chi connectivity index (χ3v) is 5.72. The van der Waals surface area contributed by atoms with Gasteiger partial charge in [-0.1, -0.05) is 23.2 Å². The van der Waals surface area contributed by atoms with Gasteiger partial charge in [0.15, 0.2) is 0 Å². The first-order valence-corrected chi connectivity index (χ1v) is 7.93. The van der Waals surface area contributed by atoms with Crippen molar-refractivity contribution in [2.24, 2.45) is 5.73 Å². The Morgan fingerprint density at radius 3 is 2.56 bits per heavy atom. The van der Waals surface area contributed by atoms with E-state index >= 15 is 0 Å². The van der Waals surface area contributed by atoms with Gasteiger partial charge in [0.25, 0.3) is 0 Å². The van der Waals surface area contributed by atoms with Crippen molar-refractivity contribution in [1.82, 2.24) is 0 Å². The van der Waals surface area contributed by atoms with Crippen LogP contribution in [0.1, 0.15) is 15.0 Å². The zero-order valence-electron chi connectivity index (χ0n) is 9.82. The minimum absolute atomic E-state index is 0.265. The highest BCUT2D eigenvalue weighted by Crippen LogP contribution is 2.39. The van der Waals surface area contributed by atoms with Crippen LogP contribution >= 0.6 is 46.3 Å². The van der Waals surface area contributed by atoms with E-state index in [1.165, 1.54) is 9.75 Å². The monoisotopic (exact) mass is 317 g/mol. The van der Waals surface area contributed by atoms with E-state index in [9.17, 15) is 0 Å². The fourth-order valence-corrected chi connectivity index (χ4v) is 4.04. The lowest BCUT2D eigenvalue weighted by Crippen LogP contribution is -2.07. The number of rotatable bonds is 4. The van der Waals surface area contributed by atoms with Crippen molar-refractivity contribution >= 4 is 46.3 Å². The van der Waals surface area contributed by atoms with Gasteiger partial charge in [-0.3, -0.25) is 0 Å². The van der Waals surface area contributed by atoms with Gasteiger partial charge in [0.2, 0.25) is 0 Å². The second-order valence-corrected chi connectivity index (χ2v) is 7.28. The number of nitrogens with two attached hydrogens (primary N) is 1. The Bertz CT molecular complexity index is 540. The van der Waals surface area contributed by atoms with Crippen LogP contribution < -0.4 is 5.73 Å². The van der Waals surface area contributed by atoms with Gasteiger partial charge in [-0.15, -0.1) is 23.1 Å². The van der Waals surface area contributed by atoms with E-state index in [-0.39, 0.29) is 5.25 Å². The molecule has 1 atom stereocenters. The molecule has 0 saturated carbocycles. The van der Waals surface area contributed by atoms with Crippen LogP contribution in [0.15, 0.2) is 35.2 Å². The molecule has 0 spiro atoms. The summed E-state index contributed by atoms with van der Waals surface area (Å²) in [7, 11) is 0. The van der Waals surface area contributed by atoms with Gasteiger partial charge < -0.3 is 5.73 Å². The van der Waals surface area contributed by atoms with E-state index in [4.69, 9.17) is 28.9 Å². The minimum atomic E-state index is 0.265. The summed E-state index contributed by atoms with van der Waals surface area (Å²) in [5, 5.41) is 1.43. The maximum Gasteiger partial charge on any atom is 0.0603 e. The molecule has 1 aromatic heterocycles. The Balaban J connectivity index is 2.17. The molecule has 5 heteroatoms. The summed E-state index contributed by atoms with van der Waals surface area (Å²) in [6.45, 7) is 2.70. The van der Waals surface area contributed by atoms with Crippen LogP contribution in [-0.2, 0) is 0 Å². The largest absolute Gasteiger partial charge is 0.329 e. The van der Waals surface area contributed by atoms with E-state index in [1.807, 2.05) is 18.2 Å². The number of hydrogen-bond donors (Lipinski definition) is 1. The van der Waals surface area contributed by atoms with E-state index < -0.39 is 0 Å². The summed E-state index contributed by atoms with van der Waals surface area (Å²) < 4.78 is 0. The minimum Gasteiger partial charge on any atom is -0.329 e. The molecule has 1 nitrogen and oxygen atoms in total. The topological polar surface area (TPSA) is 26.0 Å². The van der Waals surface area contributed by atoms with Gasteiger partial charge in [-0.25, -0.2) is 0 Å². The zero-order chi connectivity index (χ0) is 13.1. The van der Waals surface area contributed by atoms with Crippen LogP contribution in [0.2, 0.25) is 10.0 Å². The number of benzene rings is 1. The molecule has 0 radical (unpaired) electrons. The Morgan fingerprint density at radius 1 is 1.22 bits per heavy atom. The quantitative estimate of drug-likeness (QED) is 0.788. The highest BCUT2D eigenvalue weighted by molar-refractivity contribution is 7.99. The molecular weight excluding hydrogens is 305 g/mol. The first-order valence-electron chi connectivity index (χ1n) is 5.48. The SMILES string of the molecule is Cc1ccc(C(CN)Sc2ccc(Cl)c(Cl)c2)s1. The Morgan fingerprint density at radius 2 is 2.00 bits per heavy atom. The molecule has 2 N–H and O–H groups in total. The molecule has 0 aliphatic carbocycles. The predicted octanol–water partition coefficient (Wildman–Crippen LogP) is 5.16. The lowest BCUT2D eigenvalue weighted by molar-refractivity contribution is 0.960. The van der Waals surface area contributed by atoms with E-state index in [0.29, 0.717) is 16.6 Å². The molecular formula is C13H13Cl2NS2. The van der Waals surface area contributed by atoms with Crippen molar-refractivity contribution in [3.63, 3.8) is 0 Å². The van der Waals surface area contributed by atoms with E-state index in [1.54, 1.807) is 23.1 Å². The molecule has 18 heavy (non-hydrogen) atoms. The first kappa shape index (κ1) is 14.2. The van der Waals surface area contributed by atoms with Crippen LogP contribution in [0.5, 0.6) is 0 Å². The molecule has 0 aliphatic heterocycles. The number of aryl methyl sites for hydroxylation is 1. The molecule has 0 saturated heterocycles. The molecule has 2 aromatic rings. The number of thioether (sulfide) groups is 1. The predicted molar refractivity (Wildman–Crippen MR) is 83.2 cm³/mol. The summed E-state index contributed by atoms with van der Waals surface area (Å²) in [6, 6.07) is 9.94. The Kier molecular flexibility index (Phi) is 4.98. The highest BCUT2D eigenvalue weighted by Gasteiger charge is 2.14. The first-order chi connectivity index (χ1) is 8.60. The molecule has 0 amide bonds. The van der Waals surface area contributed by atoms with Crippen molar-refractivity contribution in [2.45, 2.75) is 17.1 Å². The fraction of sp³-hybridized carbons (Fsp3) is 0.231. The van der Waals surface area contributed by atoms with Crippen molar-refractivity contribution < 1.29 is 0 Å². The standard InChI is InChI=1S/C13H13Cl2NS2/c1-8-2-5-12(17-8)13(7-16)18-9-3-4-10(14)11(15)6-9/h2-6,13H,7,16H2,1H3. The summed E-state index contributed by atoms with van der Waals surface area (Å²) in [5.74, 6) is 0. The molecule has 1 unspecified atom stereocenters. The smallest absolute Gasteiger partial charge is 0.0603 e. The van der Waals surface area contributed by atoms with Crippen molar-refractivity contribution in [3.05, 3.63) is 50.1 Å². The summed E-state index contributed by atoms with van der Waals surface area (Å²) in [5.41, 5.74) is 5.86. The average molecular weight is 318 g/mol. The third kappa shape index (κ3) is 3.43.